The topological polar surface area (TPSA) is 43.1 Å². The Morgan fingerprint density at radius 3 is 2.93 bits per heavy atom. The average Bonchev–Trinajstić information content (AvgIpc) is 2.59. The number of fused-ring (bicyclic) bond motifs is 1. The van der Waals surface area contributed by atoms with Crippen molar-refractivity contribution in [2.45, 2.75) is 25.2 Å². The molecule has 0 atom stereocenters. The van der Waals surface area contributed by atoms with Gasteiger partial charge in [-0.05, 0) is 25.0 Å². The van der Waals surface area contributed by atoms with Gasteiger partial charge in [-0.25, -0.2) is 0 Å². The van der Waals surface area contributed by atoms with E-state index in [9.17, 15) is 4.79 Å². The van der Waals surface area contributed by atoms with Gasteiger partial charge in [-0.15, -0.1) is 0 Å². The Morgan fingerprint density at radius 1 is 1.40 bits per heavy atom. The van der Waals surface area contributed by atoms with E-state index in [-0.39, 0.29) is 0 Å². The summed E-state index contributed by atoms with van der Waals surface area (Å²) in [7, 11) is 0. The lowest BCUT2D eigenvalue weighted by Gasteiger charge is -2.22. The number of aromatic nitrogens is 1. The number of rotatable bonds is 2. The van der Waals surface area contributed by atoms with Crippen molar-refractivity contribution >= 4 is 17.2 Å². The number of benzene rings is 1. The molecule has 1 aromatic carbocycles. The maximum Gasteiger partial charge on any atom is 0.150 e. The molecule has 2 aromatic rings. The van der Waals surface area contributed by atoms with Gasteiger partial charge >= 0.3 is 0 Å². The standard InChI is InChI=1S/C12H11NO2/c14-7-8-4-5-10-11(6-8)13-15-12(10)9-2-1-3-9/h4-7,9H,1-3H2. The molecule has 0 saturated heterocycles. The molecule has 0 aliphatic heterocycles. The first-order valence-electron chi connectivity index (χ1n) is 5.23. The first-order chi connectivity index (χ1) is 7.38. The van der Waals surface area contributed by atoms with Crippen molar-refractivity contribution < 1.29 is 9.32 Å². The quantitative estimate of drug-likeness (QED) is 0.701. The molecule has 1 fully saturated rings. The molecule has 3 heteroatoms. The Hall–Kier alpha value is -1.64. The van der Waals surface area contributed by atoms with Crippen LogP contribution in [0.1, 0.15) is 41.3 Å². The Balaban J connectivity index is 2.13. The van der Waals surface area contributed by atoms with Crippen LogP contribution in [0.25, 0.3) is 10.9 Å². The van der Waals surface area contributed by atoms with E-state index in [4.69, 9.17) is 4.52 Å². The molecule has 0 amide bonds. The van der Waals surface area contributed by atoms with Crippen LogP contribution in [-0.2, 0) is 0 Å². The van der Waals surface area contributed by atoms with Gasteiger partial charge < -0.3 is 4.52 Å². The number of nitrogens with zero attached hydrogens (tertiary/aromatic N) is 1. The minimum Gasteiger partial charge on any atom is -0.360 e. The third-order valence-corrected chi connectivity index (χ3v) is 3.14. The number of hydrogen-bond acceptors (Lipinski definition) is 3. The fourth-order valence-corrected chi connectivity index (χ4v) is 2.02. The highest BCUT2D eigenvalue weighted by atomic mass is 16.5. The van der Waals surface area contributed by atoms with Crippen LogP contribution in [0.3, 0.4) is 0 Å². The molecule has 1 saturated carbocycles. The van der Waals surface area contributed by atoms with Gasteiger partial charge in [0.05, 0.1) is 0 Å². The molecule has 3 nitrogen and oxygen atoms in total. The number of carbonyl (C=O) groups is 1. The molecule has 1 heterocycles. The van der Waals surface area contributed by atoms with E-state index in [1.54, 1.807) is 6.07 Å². The summed E-state index contributed by atoms with van der Waals surface area (Å²) in [5.74, 6) is 1.53. The van der Waals surface area contributed by atoms with E-state index in [2.05, 4.69) is 5.16 Å². The summed E-state index contributed by atoms with van der Waals surface area (Å²) in [5.41, 5.74) is 1.44. The zero-order valence-corrected chi connectivity index (χ0v) is 8.27. The van der Waals surface area contributed by atoms with Gasteiger partial charge in [0.1, 0.15) is 17.6 Å². The first-order valence-corrected chi connectivity index (χ1v) is 5.23. The maximum atomic E-state index is 10.6. The van der Waals surface area contributed by atoms with E-state index in [0.717, 1.165) is 22.9 Å². The maximum absolute atomic E-state index is 10.6. The van der Waals surface area contributed by atoms with Crippen molar-refractivity contribution in [2.75, 3.05) is 0 Å². The summed E-state index contributed by atoms with van der Waals surface area (Å²) in [4.78, 5) is 10.6. The van der Waals surface area contributed by atoms with E-state index in [0.29, 0.717) is 11.5 Å². The highest BCUT2D eigenvalue weighted by molar-refractivity contribution is 5.87. The van der Waals surface area contributed by atoms with Crippen molar-refractivity contribution in [3.63, 3.8) is 0 Å². The van der Waals surface area contributed by atoms with Crippen LogP contribution in [0, 0.1) is 0 Å². The summed E-state index contributed by atoms with van der Waals surface area (Å²) in [6, 6.07) is 5.52. The fraction of sp³-hybridized carbons (Fsp3) is 0.333. The number of aldehydes is 1. The van der Waals surface area contributed by atoms with Gasteiger partial charge in [0.2, 0.25) is 0 Å². The van der Waals surface area contributed by atoms with Crippen LogP contribution < -0.4 is 0 Å². The molecule has 15 heavy (non-hydrogen) atoms. The highest BCUT2D eigenvalue weighted by Gasteiger charge is 2.25. The van der Waals surface area contributed by atoms with Crippen molar-refractivity contribution in [1.29, 1.82) is 0 Å². The van der Waals surface area contributed by atoms with E-state index >= 15 is 0 Å². The minimum absolute atomic E-state index is 0.539. The monoisotopic (exact) mass is 201 g/mol. The Bertz CT molecular complexity index is 511. The van der Waals surface area contributed by atoms with Gasteiger partial charge in [-0.1, -0.05) is 17.6 Å². The molecular formula is C12H11NO2. The Kier molecular flexibility index (Phi) is 1.84. The van der Waals surface area contributed by atoms with Gasteiger partial charge in [0.25, 0.3) is 0 Å². The highest BCUT2D eigenvalue weighted by Crippen LogP contribution is 2.39. The molecule has 0 spiro atoms. The normalized spacial score (nSPS) is 16.5. The van der Waals surface area contributed by atoms with Gasteiger partial charge in [0, 0.05) is 16.9 Å². The zero-order chi connectivity index (χ0) is 10.3. The molecule has 76 valence electrons. The van der Waals surface area contributed by atoms with Gasteiger partial charge in [-0.3, -0.25) is 4.79 Å². The summed E-state index contributed by atoms with van der Waals surface area (Å²) >= 11 is 0. The predicted molar refractivity (Wildman–Crippen MR) is 56.0 cm³/mol. The molecule has 1 aliphatic carbocycles. The van der Waals surface area contributed by atoms with Gasteiger partial charge in [0.15, 0.2) is 0 Å². The SMILES string of the molecule is O=Cc1ccc2c(C3CCC3)onc2c1. The third kappa shape index (κ3) is 1.27. The van der Waals surface area contributed by atoms with E-state index in [1.807, 2.05) is 12.1 Å². The van der Waals surface area contributed by atoms with Crippen LogP contribution in [0.15, 0.2) is 22.7 Å². The largest absolute Gasteiger partial charge is 0.360 e. The van der Waals surface area contributed by atoms with Crippen molar-refractivity contribution in [3.8, 4) is 0 Å². The molecule has 0 bridgehead atoms. The first kappa shape index (κ1) is 8.65. The molecule has 0 radical (unpaired) electrons. The fourth-order valence-electron chi connectivity index (χ4n) is 2.02. The third-order valence-electron chi connectivity index (χ3n) is 3.14. The lowest BCUT2D eigenvalue weighted by atomic mass is 9.82. The molecule has 3 rings (SSSR count). The Labute approximate surface area is 87.1 Å². The molecule has 0 unspecified atom stereocenters. The second-order valence-corrected chi connectivity index (χ2v) is 4.07. The molecular weight excluding hydrogens is 190 g/mol. The summed E-state index contributed by atoms with van der Waals surface area (Å²) in [6.45, 7) is 0. The van der Waals surface area contributed by atoms with Gasteiger partial charge in [-0.2, -0.15) is 0 Å². The van der Waals surface area contributed by atoms with Crippen molar-refractivity contribution in [3.05, 3.63) is 29.5 Å². The number of hydrogen-bond donors (Lipinski definition) is 0. The lowest BCUT2D eigenvalue weighted by molar-refractivity contribution is 0.112. The molecule has 1 aliphatic rings. The van der Waals surface area contributed by atoms with Crippen LogP contribution >= 0.6 is 0 Å². The molecule has 1 aromatic heterocycles. The van der Waals surface area contributed by atoms with Crippen molar-refractivity contribution in [2.24, 2.45) is 0 Å². The summed E-state index contributed by atoms with van der Waals surface area (Å²) < 4.78 is 5.35. The summed E-state index contributed by atoms with van der Waals surface area (Å²) in [6.07, 6.45) is 4.50. The molecule has 0 N–H and O–H groups in total. The second kappa shape index (κ2) is 3.19. The predicted octanol–water partition coefficient (Wildman–Crippen LogP) is 2.91. The van der Waals surface area contributed by atoms with Crippen LogP contribution in [0.5, 0.6) is 0 Å². The lowest BCUT2D eigenvalue weighted by Crippen LogP contribution is -2.07. The summed E-state index contributed by atoms with van der Waals surface area (Å²) in [5, 5.41) is 5.06. The van der Waals surface area contributed by atoms with Crippen molar-refractivity contribution in [1.82, 2.24) is 5.16 Å². The average molecular weight is 201 g/mol. The van der Waals surface area contributed by atoms with Crippen LogP contribution in [0.4, 0.5) is 0 Å². The minimum atomic E-state index is 0.539. The zero-order valence-electron chi connectivity index (χ0n) is 8.27. The second-order valence-electron chi connectivity index (χ2n) is 4.07. The van der Waals surface area contributed by atoms with E-state index < -0.39 is 0 Å². The smallest absolute Gasteiger partial charge is 0.150 e. The number of carbonyl (C=O) groups excluding carboxylic acids is 1. The Morgan fingerprint density at radius 2 is 2.27 bits per heavy atom. The van der Waals surface area contributed by atoms with Crippen LogP contribution in [-0.4, -0.2) is 11.4 Å². The van der Waals surface area contributed by atoms with Crippen LogP contribution in [0.2, 0.25) is 0 Å². The van der Waals surface area contributed by atoms with E-state index in [1.165, 1.54) is 19.3 Å².